The highest BCUT2D eigenvalue weighted by Gasteiger charge is 2.27. The Morgan fingerprint density at radius 1 is 1.42 bits per heavy atom. The summed E-state index contributed by atoms with van der Waals surface area (Å²) in [5, 5.41) is 14.6. The number of hydrogen-bond acceptors (Lipinski definition) is 4. The van der Waals surface area contributed by atoms with Gasteiger partial charge in [0.1, 0.15) is 0 Å². The van der Waals surface area contributed by atoms with Crippen LogP contribution in [0.5, 0.6) is 0 Å². The second-order valence-electron chi connectivity index (χ2n) is 3.57. The predicted molar refractivity (Wildman–Crippen MR) is 61.8 cm³/mol. The fourth-order valence-electron chi connectivity index (χ4n) is 1.24. The van der Waals surface area contributed by atoms with Gasteiger partial charge < -0.3 is 15.7 Å². The fourth-order valence-corrected chi connectivity index (χ4v) is 2.01. The van der Waals surface area contributed by atoms with Gasteiger partial charge in [0.15, 0.2) is 6.04 Å². The third-order valence-electron chi connectivity index (χ3n) is 1.99. The van der Waals surface area contributed by atoms with Crippen molar-refractivity contribution in [2.24, 2.45) is 0 Å². The van der Waals surface area contributed by atoms with Crippen LogP contribution >= 0.6 is 11.3 Å². The second-order valence-corrected chi connectivity index (χ2v) is 4.55. The highest BCUT2D eigenvalue weighted by atomic mass is 32.1. The zero-order valence-corrected chi connectivity index (χ0v) is 10.3. The van der Waals surface area contributed by atoms with E-state index in [9.17, 15) is 22.8 Å². The van der Waals surface area contributed by atoms with Gasteiger partial charge in [-0.15, -0.1) is 11.3 Å². The van der Waals surface area contributed by atoms with Crippen LogP contribution in [0.15, 0.2) is 17.5 Å². The Balaban J connectivity index is 2.47. The normalized spacial score (nSPS) is 13.0. The first kappa shape index (κ1) is 15.4. The maximum Gasteiger partial charge on any atom is 0.401 e. The zero-order valence-electron chi connectivity index (χ0n) is 9.53. The number of amides is 1. The molecule has 0 saturated heterocycles. The summed E-state index contributed by atoms with van der Waals surface area (Å²) >= 11 is 1.13. The molecule has 1 rings (SSSR count). The Kier molecular flexibility index (Phi) is 5.31. The molecule has 0 spiro atoms. The predicted octanol–water partition coefficient (Wildman–Crippen LogP) is 1.14. The quantitative estimate of drug-likeness (QED) is 0.735. The molecule has 106 valence electrons. The van der Waals surface area contributed by atoms with Crippen LogP contribution in [0, 0.1) is 0 Å². The molecule has 1 atom stereocenters. The molecule has 1 aromatic heterocycles. The molecule has 1 amide bonds. The molecule has 0 saturated carbocycles. The van der Waals surface area contributed by atoms with Crippen LogP contribution in [0.25, 0.3) is 0 Å². The van der Waals surface area contributed by atoms with Crippen LogP contribution in [0.1, 0.15) is 10.9 Å². The number of alkyl halides is 3. The minimum absolute atomic E-state index is 0.400. The number of hydrogen-bond donors (Lipinski definition) is 3. The lowest BCUT2D eigenvalue weighted by atomic mass is 10.2. The van der Waals surface area contributed by atoms with Crippen molar-refractivity contribution >= 4 is 23.2 Å². The van der Waals surface area contributed by atoms with Gasteiger partial charge in [0.2, 0.25) is 5.91 Å². The van der Waals surface area contributed by atoms with Gasteiger partial charge in [0.05, 0.1) is 13.1 Å². The van der Waals surface area contributed by atoms with Gasteiger partial charge in [-0.25, -0.2) is 4.79 Å². The minimum Gasteiger partial charge on any atom is -0.479 e. The van der Waals surface area contributed by atoms with Gasteiger partial charge in [-0.05, 0) is 11.4 Å². The van der Waals surface area contributed by atoms with Gasteiger partial charge in [0.25, 0.3) is 0 Å². The highest BCUT2D eigenvalue weighted by Crippen LogP contribution is 2.19. The van der Waals surface area contributed by atoms with Crippen molar-refractivity contribution in [2.45, 2.75) is 12.2 Å². The number of carbonyl (C=O) groups excluding carboxylic acids is 1. The van der Waals surface area contributed by atoms with Crippen molar-refractivity contribution in [3.05, 3.63) is 22.4 Å². The van der Waals surface area contributed by atoms with E-state index in [1.54, 1.807) is 11.4 Å². The molecule has 0 aromatic carbocycles. The molecule has 1 heterocycles. The molecule has 0 bridgehead atoms. The Morgan fingerprint density at radius 2 is 2.11 bits per heavy atom. The molecule has 5 nitrogen and oxygen atoms in total. The van der Waals surface area contributed by atoms with Crippen LogP contribution in [0.3, 0.4) is 0 Å². The van der Waals surface area contributed by atoms with Crippen molar-refractivity contribution in [3.8, 4) is 0 Å². The van der Waals surface area contributed by atoms with Crippen LogP contribution in [0.2, 0.25) is 0 Å². The number of thiophene rings is 1. The summed E-state index contributed by atoms with van der Waals surface area (Å²) in [4.78, 5) is 22.7. The molecule has 0 fully saturated rings. The molecule has 0 radical (unpaired) electrons. The number of nitrogens with one attached hydrogen (secondary N) is 2. The van der Waals surface area contributed by atoms with Crippen LogP contribution in [0.4, 0.5) is 13.2 Å². The number of carboxylic acid groups (broad SMARTS) is 1. The summed E-state index contributed by atoms with van der Waals surface area (Å²) in [6.07, 6.45) is -4.42. The summed E-state index contributed by atoms with van der Waals surface area (Å²) < 4.78 is 35.5. The van der Waals surface area contributed by atoms with E-state index in [0.717, 1.165) is 11.3 Å². The lowest BCUT2D eigenvalue weighted by Gasteiger charge is -2.13. The third-order valence-corrected chi connectivity index (χ3v) is 2.93. The van der Waals surface area contributed by atoms with Crippen molar-refractivity contribution < 1.29 is 27.9 Å². The molecular formula is C10H11F3N2O3S. The van der Waals surface area contributed by atoms with Crippen molar-refractivity contribution in [1.29, 1.82) is 0 Å². The number of carbonyl (C=O) groups is 2. The van der Waals surface area contributed by atoms with Gasteiger partial charge >= 0.3 is 12.1 Å². The highest BCUT2D eigenvalue weighted by molar-refractivity contribution is 7.10. The first-order valence-electron chi connectivity index (χ1n) is 5.12. The first-order valence-corrected chi connectivity index (χ1v) is 6.00. The van der Waals surface area contributed by atoms with Crippen molar-refractivity contribution in [2.75, 3.05) is 13.1 Å². The average molecular weight is 296 g/mol. The van der Waals surface area contributed by atoms with E-state index < -0.39 is 37.2 Å². The molecular weight excluding hydrogens is 285 g/mol. The second kappa shape index (κ2) is 6.53. The van der Waals surface area contributed by atoms with Gasteiger partial charge in [-0.2, -0.15) is 13.2 Å². The third kappa shape index (κ3) is 5.71. The summed E-state index contributed by atoms with van der Waals surface area (Å²) in [5.74, 6) is -2.09. The summed E-state index contributed by atoms with van der Waals surface area (Å²) in [6.45, 7) is -1.91. The van der Waals surface area contributed by atoms with E-state index in [2.05, 4.69) is 5.32 Å². The van der Waals surface area contributed by atoms with Gasteiger partial charge in [-0.1, -0.05) is 6.07 Å². The molecule has 0 aliphatic heterocycles. The van der Waals surface area contributed by atoms with E-state index >= 15 is 0 Å². The van der Waals surface area contributed by atoms with Crippen LogP contribution < -0.4 is 10.6 Å². The number of aliphatic carboxylic acids is 1. The Morgan fingerprint density at radius 3 is 2.58 bits per heavy atom. The topological polar surface area (TPSA) is 78.4 Å². The molecule has 1 unspecified atom stereocenters. The Labute approximate surface area is 110 Å². The number of carboxylic acids is 1. The summed E-state index contributed by atoms with van der Waals surface area (Å²) in [7, 11) is 0. The van der Waals surface area contributed by atoms with Crippen LogP contribution in [-0.2, 0) is 9.59 Å². The molecule has 0 aliphatic carbocycles. The average Bonchev–Trinajstić information content (AvgIpc) is 2.76. The van der Waals surface area contributed by atoms with E-state index in [4.69, 9.17) is 5.11 Å². The number of rotatable bonds is 6. The van der Waals surface area contributed by atoms with E-state index in [1.165, 1.54) is 6.07 Å². The summed E-state index contributed by atoms with van der Waals surface area (Å²) in [5.41, 5.74) is 0. The molecule has 0 aliphatic rings. The SMILES string of the molecule is O=C(CNCC(F)(F)F)NC(C(=O)O)c1cccs1. The molecule has 19 heavy (non-hydrogen) atoms. The van der Waals surface area contributed by atoms with Crippen molar-refractivity contribution in [3.63, 3.8) is 0 Å². The molecule has 9 heteroatoms. The maximum atomic E-state index is 11.8. The molecule has 3 N–H and O–H groups in total. The van der Waals surface area contributed by atoms with E-state index in [-0.39, 0.29) is 0 Å². The molecule has 1 aromatic rings. The van der Waals surface area contributed by atoms with E-state index in [0.29, 0.717) is 4.88 Å². The van der Waals surface area contributed by atoms with Crippen molar-refractivity contribution in [1.82, 2.24) is 10.6 Å². The van der Waals surface area contributed by atoms with Gasteiger partial charge in [0, 0.05) is 4.88 Å². The van der Waals surface area contributed by atoms with E-state index in [1.807, 2.05) is 5.32 Å². The monoisotopic (exact) mass is 296 g/mol. The number of halogens is 3. The Bertz CT molecular complexity index is 434. The fraction of sp³-hybridized carbons (Fsp3) is 0.400. The lowest BCUT2D eigenvalue weighted by molar-refractivity contribution is -0.142. The first-order chi connectivity index (χ1) is 8.79. The van der Waals surface area contributed by atoms with Gasteiger partial charge in [-0.3, -0.25) is 4.79 Å². The largest absolute Gasteiger partial charge is 0.479 e. The lowest BCUT2D eigenvalue weighted by Crippen LogP contribution is -2.41. The maximum absolute atomic E-state index is 11.8. The zero-order chi connectivity index (χ0) is 14.5. The smallest absolute Gasteiger partial charge is 0.401 e. The van der Waals surface area contributed by atoms with Crippen LogP contribution in [-0.4, -0.2) is 36.2 Å². The Hall–Kier alpha value is -1.61. The summed E-state index contributed by atoms with van der Waals surface area (Å²) in [6, 6.07) is 1.89. The standard InChI is InChI=1S/C10H11F3N2O3S/c11-10(12,13)5-14-4-7(16)15-8(9(17)18)6-2-1-3-19-6/h1-3,8,14H,4-5H2,(H,15,16)(H,17,18). The minimum atomic E-state index is -4.42.